The molecule has 6 unspecified atom stereocenters. The van der Waals surface area contributed by atoms with Crippen LogP contribution in [0.5, 0.6) is 0 Å². The molecule has 6 atom stereocenters. The summed E-state index contributed by atoms with van der Waals surface area (Å²) in [4.78, 5) is 17.1. The fourth-order valence-corrected chi connectivity index (χ4v) is 4.56. The van der Waals surface area contributed by atoms with Gasteiger partial charge in [-0.05, 0) is 58.8 Å². The third-order valence-electron chi connectivity index (χ3n) is 6.10. The number of hydrogen-bond acceptors (Lipinski definition) is 4. The van der Waals surface area contributed by atoms with E-state index in [4.69, 9.17) is 0 Å². The quantitative estimate of drug-likeness (QED) is 0.321. The van der Waals surface area contributed by atoms with E-state index in [9.17, 15) is 22.4 Å². The predicted molar refractivity (Wildman–Crippen MR) is 101 cm³/mol. The number of nitrogens with zero attached hydrogens (tertiary/aromatic N) is 1. The van der Waals surface area contributed by atoms with Gasteiger partial charge in [-0.15, -0.1) is 0 Å². The SMILES string of the molecule is CC(C)N/C(=N\C1NNC2CCC(C(F)(F)F)CC21)NC(=O)C1CCCC(F)C1. The van der Waals surface area contributed by atoms with Gasteiger partial charge < -0.3 is 5.32 Å². The van der Waals surface area contributed by atoms with Gasteiger partial charge in [0.15, 0.2) is 5.96 Å². The molecular weight excluding hydrogens is 390 g/mol. The van der Waals surface area contributed by atoms with Gasteiger partial charge in [-0.1, -0.05) is 0 Å². The highest BCUT2D eigenvalue weighted by Gasteiger charge is 2.49. The molecule has 0 spiro atoms. The number of hydrazine groups is 1. The summed E-state index contributed by atoms with van der Waals surface area (Å²) in [5.74, 6) is -2.13. The van der Waals surface area contributed by atoms with Gasteiger partial charge in [0, 0.05) is 23.9 Å². The molecule has 6 nitrogen and oxygen atoms in total. The maximum atomic E-state index is 13.7. The average Bonchev–Trinajstić information content (AvgIpc) is 3.02. The third kappa shape index (κ3) is 5.81. The molecule has 3 aliphatic rings. The molecule has 0 bridgehead atoms. The summed E-state index contributed by atoms with van der Waals surface area (Å²) < 4.78 is 53.2. The summed E-state index contributed by atoms with van der Waals surface area (Å²) in [5, 5.41) is 5.80. The molecule has 29 heavy (non-hydrogen) atoms. The lowest BCUT2D eigenvalue weighted by Gasteiger charge is -2.33. The molecule has 166 valence electrons. The van der Waals surface area contributed by atoms with E-state index in [1.165, 1.54) is 0 Å². The summed E-state index contributed by atoms with van der Waals surface area (Å²) in [5.41, 5.74) is 6.03. The number of nitrogens with one attached hydrogen (secondary N) is 4. The van der Waals surface area contributed by atoms with Crippen LogP contribution >= 0.6 is 0 Å². The Morgan fingerprint density at radius 3 is 2.52 bits per heavy atom. The van der Waals surface area contributed by atoms with E-state index in [-0.39, 0.29) is 49.1 Å². The number of hydrogen-bond donors (Lipinski definition) is 4. The van der Waals surface area contributed by atoms with E-state index in [0.29, 0.717) is 25.7 Å². The summed E-state index contributed by atoms with van der Waals surface area (Å²) in [6.45, 7) is 3.76. The van der Waals surface area contributed by atoms with Gasteiger partial charge in [0.05, 0.1) is 5.92 Å². The van der Waals surface area contributed by atoms with Crippen LogP contribution in [0.25, 0.3) is 0 Å². The molecule has 1 amide bonds. The molecule has 0 aromatic heterocycles. The van der Waals surface area contributed by atoms with E-state index in [1.807, 2.05) is 13.8 Å². The maximum Gasteiger partial charge on any atom is 0.391 e. The molecule has 2 aliphatic carbocycles. The molecule has 2 saturated carbocycles. The van der Waals surface area contributed by atoms with Crippen molar-refractivity contribution >= 4 is 11.9 Å². The second-order valence-electron chi connectivity index (χ2n) is 8.78. The normalized spacial score (nSPS) is 36.0. The van der Waals surface area contributed by atoms with E-state index in [2.05, 4.69) is 26.5 Å². The van der Waals surface area contributed by atoms with Gasteiger partial charge in [0.25, 0.3) is 0 Å². The van der Waals surface area contributed by atoms with Crippen molar-refractivity contribution in [2.45, 2.75) is 89.4 Å². The highest BCUT2D eigenvalue weighted by atomic mass is 19.4. The van der Waals surface area contributed by atoms with E-state index in [1.54, 1.807) is 0 Å². The average molecular weight is 421 g/mol. The van der Waals surface area contributed by atoms with Crippen molar-refractivity contribution in [3.63, 3.8) is 0 Å². The molecule has 1 aliphatic heterocycles. The van der Waals surface area contributed by atoms with Gasteiger partial charge in [-0.3, -0.25) is 15.5 Å². The Morgan fingerprint density at radius 2 is 1.86 bits per heavy atom. The smallest absolute Gasteiger partial charge is 0.354 e. The first-order chi connectivity index (χ1) is 13.6. The summed E-state index contributed by atoms with van der Waals surface area (Å²) in [6, 6.07) is -0.113. The largest absolute Gasteiger partial charge is 0.391 e. The Hall–Kier alpha value is -1.42. The molecule has 0 aromatic rings. The number of carbonyl (C=O) groups is 1. The summed E-state index contributed by atoms with van der Waals surface area (Å²) in [6.07, 6.45) is -3.26. The zero-order valence-corrected chi connectivity index (χ0v) is 16.9. The van der Waals surface area contributed by atoms with Crippen molar-refractivity contribution in [3.05, 3.63) is 0 Å². The van der Waals surface area contributed by atoms with Crippen molar-refractivity contribution < 1.29 is 22.4 Å². The molecule has 10 heteroatoms. The number of halogens is 4. The van der Waals surface area contributed by atoms with Crippen LogP contribution in [0, 0.1) is 17.8 Å². The molecule has 3 rings (SSSR count). The number of rotatable bonds is 3. The Balaban J connectivity index is 1.69. The Kier molecular flexibility index (Phi) is 7.03. The van der Waals surface area contributed by atoms with Crippen molar-refractivity contribution in [2.75, 3.05) is 0 Å². The molecule has 0 aromatic carbocycles. The zero-order valence-electron chi connectivity index (χ0n) is 16.9. The number of guanidine groups is 1. The van der Waals surface area contributed by atoms with Crippen LogP contribution < -0.4 is 21.5 Å². The van der Waals surface area contributed by atoms with Crippen molar-refractivity contribution in [3.8, 4) is 0 Å². The monoisotopic (exact) mass is 421 g/mol. The first-order valence-corrected chi connectivity index (χ1v) is 10.5. The van der Waals surface area contributed by atoms with E-state index >= 15 is 0 Å². The third-order valence-corrected chi connectivity index (χ3v) is 6.10. The Labute approximate surface area is 168 Å². The second-order valence-corrected chi connectivity index (χ2v) is 8.78. The van der Waals surface area contributed by atoms with Crippen molar-refractivity contribution in [2.24, 2.45) is 22.7 Å². The Bertz CT molecular complexity index is 612. The van der Waals surface area contributed by atoms with Crippen LogP contribution in [0.4, 0.5) is 17.6 Å². The molecule has 0 radical (unpaired) electrons. The van der Waals surface area contributed by atoms with E-state index < -0.39 is 30.3 Å². The second kappa shape index (κ2) is 9.16. The fraction of sp³-hybridized carbons (Fsp3) is 0.895. The first kappa shape index (κ1) is 22.3. The van der Waals surface area contributed by atoms with Crippen molar-refractivity contribution in [1.82, 2.24) is 21.5 Å². The van der Waals surface area contributed by atoms with Gasteiger partial charge in [0.2, 0.25) is 5.91 Å². The van der Waals surface area contributed by atoms with Crippen LogP contribution in [-0.4, -0.2) is 42.5 Å². The van der Waals surface area contributed by atoms with Gasteiger partial charge >= 0.3 is 6.18 Å². The first-order valence-electron chi connectivity index (χ1n) is 10.5. The van der Waals surface area contributed by atoms with Gasteiger partial charge in [-0.2, -0.15) is 13.2 Å². The van der Waals surface area contributed by atoms with Crippen LogP contribution in [0.2, 0.25) is 0 Å². The van der Waals surface area contributed by atoms with Crippen molar-refractivity contribution in [1.29, 1.82) is 0 Å². The van der Waals surface area contributed by atoms with Crippen LogP contribution in [0.1, 0.15) is 58.8 Å². The van der Waals surface area contributed by atoms with Crippen LogP contribution in [0.3, 0.4) is 0 Å². The number of fused-ring (bicyclic) bond motifs is 1. The molecule has 1 heterocycles. The standard InChI is InChI=1S/C19H31F4N5O/c1-10(2)24-18(26-17(29)11-4-3-5-13(20)8-11)25-16-14-9-12(19(21,22)23)6-7-15(14)27-28-16/h10-16,27-28H,3-9H2,1-2H3,(H2,24,25,26,29). The minimum atomic E-state index is -4.21. The molecule has 4 N–H and O–H groups in total. The van der Waals surface area contributed by atoms with Gasteiger partial charge in [-0.25, -0.2) is 14.8 Å². The minimum Gasteiger partial charge on any atom is -0.354 e. The number of amides is 1. The molecule has 3 fully saturated rings. The summed E-state index contributed by atoms with van der Waals surface area (Å²) >= 11 is 0. The number of aliphatic imine (C=N–C) groups is 1. The highest BCUT2D eigenvalue weighted by Crippen LogP contribution is 2.42. The lowest BCUT2D eigenvalue weighted by atomic mass is 9.77. The lowest BCUT2D eigenvalue weighted by Crippen LogP contribution is -2.48. The van der Waals surface area contributed by atoms with Crippen LogP contribution in [0.15, 0.2) is 4.99 Å². The summed E-state index contributed by atoms with van der Waals surface area (Å²) in [7, 11) is 0. The molecular formula is C19H31F4N5O. The number of carbonyl (C=O) groups excluding carboxylic acids is 1. The topological polar surface area (TPSA) is 77.6 Å². The Morgan fingerprint density at radius 1 is 1.10 bits per heavy atom. The molecule has 1 saturated heterocycles. The fourth-order valence-electron chi connectivity index (χ4n) is 4.56. The van der Waals surface area contributed by atoms with Crippen LogP contribution in [-0.2, 0) is 4.79 Å². The minimum absolute atomic E-state index is 0.00258. The number of alkyl halides is 4. The van der Waals surface area contributed by atoms with E-state index in [0.717, 1.165) is 0 Å². The highest BCUT2D eigenvalue weighted by molar-refractivity contribution is 5.98. The predicted octanol–water partition coefficient (Wildman–Crippen LogP) is 2.77. The zero-order chi connectivity index (χ0) is 21.2. The van der Waals surface area contributed by atoms with Gasteiger partial charge in [0.1, 0.15) is 12.3 Å². The maximum absolute atomic E-state index is 13.7. The lowest BCUT2D eigenvalue weighted by molar-refractivity contribution is -0.186.